The number of methoxy groups -OCH3 is 1. The third kappa shape index (κ3) is 3.45. The Morgan fingerprint density at radius 1 is 1.29 bits per heavy atom. The van der Waals surface area contributed by atoms with E-state index < -0.39 is 0 Å². The van der Waals surface area contributed by atoms with E-state index in [1.54, 1.807) is 7.11 Å². The van der Waals surface area contributed by atoms with Crippen molar-refractivity contribution in [2.75, 3.05) is 31.7 Å². The minimum Gasteiger partial charge on any atom is -0.497 e. The van der Waals surface area contributed by atoms with Crippen LogP contribution in [0.25, 0.3) is 10.9 Å². The first-order valence-electron chi connectivity index (χ1n) is 9.29. The monoisotopic (exact) mass is 344 g/mol. The molecule has 1 aromatic carbocycles. The maximum Gasteiger partial charge on any atom is 0.119 e. The summed E-state index contributed by atoms with van der Waals surface area (Å²) in [6, 6.07) is 7.05. The first-order chi connectivity index (χ1) is 11.8. The van der Waals surface area contributed by atoms with E-state index in [1.165, 1.54) is 66.7 Å². The Labute approximate surface area is 149 Å². The van der Waals surface area contributed by atoms with Crippen LogP contribution in [0.2, 0.25) is 0 Å². The molecule has 4 heteroatoms. The zero-order valence-electron chi connectivity index (χ0n) is 14.6. The van der Waals surface area contributed by atoms with Crippen LogP contribution in [0.15, 0.2) is 24.4 Å². The number of fused-ring (bicyclic) bond motifs is 1. The van der Waals surface area contributed by atoms with E-state index in [2.05, 4.69) is 40.0 Å². The second-order valence-corrected chi connectivity index (χ2v) is 8.45. The van der Waals surface area contributed by atoms with Gasteiger partial charge in [-0.2, -0.15) is 11.8 Å². The molecule has 130 valence electrons. The molecule has 2 atom stereocenters. The van der Waals surface area contributed by atoms with Crippen molar-refractivity contribution in [3.05, 3.63) is 30.0 Å². The minimum atomic E-state index is 0.710. The molecule has 4 rings (SSSR count). The number of hydrogen-bond acceptors (Lipinski definition) is 3. The van der Waals surface area contributed by atoms with Crippen molar-refractivity contribution in [2.45, 2.75) is 38.1 Å². The summed E-state index contributed by atoms with van der Waals surface area (Å²) in [4.78, 5) is 6.21. The maximum absolute atomic E-state index is 5.41. The summed E-state index contributed by atoms with van der Waals surface area (Å²) in [5, 5.41) is 1.33. The highest BCUT2D eigenvalue weighted by Gasteiger charge is 2.28. The number of ether oxygens (including phenoxy) is 1. The van der Waals surface area contributed by atoms with Crippen LogP contribution in [0, 0.1) is 5.92 Å². The van der Waals surface area contributed by atoms with Crippen molar-refractivity contribution in [2.24, 2.45) is 5.92 Å². The van der Waals surface area contributed by atoms with E-state index in [-0.39, 0.29) is 0 Å². The second kappa shape index (κ2) is 7.40. The third-order valence-electron chi connectivity index (χ3n) is 5.68. The first kappa shape index (κ1) is 16.3. The Morgan fingerprint density at radius 3 is 3.08 bits per heavy atom. The van der Waals surface area contributed by atoms with Gasteiger partial charge in [-0.05, 0) is 79.8 Å². The predicted octanol–water partition coefficient (Wildman–Crippen LogP) is 4.33. The molecular weight excluding hydrogens is 316 g/mol. The molecule has 2 aliphatic heterocycles. The van der Waals surface area contributed by atoms with Gasteiger partial charge in [0.2, 0.25) is 0 Å². The lowest BCUT2D eigenvalue weighted by molar-refractivity contribution is 0.215. The molecule has 2 fully saturated rings. The number of aromatic nitrogens is 1. The summed E-state index contributed by atoms with van der Waals surface area (Å²) >= 11 is 2.15. The summed E-state index contributed by atoms with van der Waals surface area (Å²) < 4.78 is 5.41. The van der Waals surface area contributed by atoms with Gasteiger partial charge in [0.15, 0.2) is 0 Å². The lowest BCUT2D eigenvalue weighted by atomic mass is 10.0. The summed E-state index contributed by atoms with van der Waals surface area (Å²) in [5.41, 5.74) is 2.66. The summed E-state index contributed by atoms with van der Waals surface area (Å²) in [6.45, 7) is 2.60. The standard InChI is InChI=1S/C20H28N2OS/c1-23-18-6-7-20-19(11-18)16(12-21-20)10-17-5-2-8-22(17)13-15-4-3-9-24-14-15/h6-7,11-12,15,17,21H,2-5,8-10,13-14H2,1H3/t15-,17-/m1/s1. The number of hydrogen-bond donors (Lipinski definition) is 1. The van der Waals surface area contributed by atoms with Crippen molar-refractivity contribution >= 4 is 22.7 Å². The molecule has 2 saturated heterocycles. The molecule has 0 aliphatic carbocycles. The molecule has 0 amide bonds. The van der Waals surface area contributed by atoms with Crippen LogP contribution < -0.4 is 4.74 Å². The van der Waals surface area contributed by atoms with Crippen LogP contribution in [0.1, 0.15) is 31.2 Å². The smallest absolute Gasteiger partial charge is 0.119 e. The Morgan fingerprint density at radius 2 is 2.25 bits per heavy atom. The van der Waals surface area contributed by atoms with E-state index in [0.29, 0.717) is 6.04 Å². The van der Waals surface area contributed by atoms with Gasteiger partial charge in [0.25, 0.3) is 0 Å². The average molecular weight is 345 g/mol. The molecule has 0 bridgehead atoms. The molecule has 0 spiro atoms. The van der Waals surface area contributed by atoms with Gasteiger partial charge in [-0.3, -0.25) is 4.90 Å². The Kier molecular flexibility index (Phi) is 5.04. The Hall–Kier alpha value is -1.13. The number of H-pyrrole nitrogens is 1. The van der Waals surface area contributed by atoms with Gasteiger partial charge in [-0.25, -0.2) is 0 Å². The summed E-state index contributed by atoms with van der Waals surface area (Å²) in [5.74, 6) is 4.60. The highest BCUT2D eigenvalue weighted by molar-refractivity contribution is 7.99. The first-order valence-corrected chi connectivity index (χ1v) is 10.4. The van der Waals surface area contributed by atoms with Gasteiger partial charge < -0.3 is 9.72 Å². The van der Waals surface area contributed by atoms with Gasteiger partial charge in [-0.15, -0.1) is 0 Å². The molecule has 2 aromatic rings. The highest BCUT2D eigenvalue weighted by atomic mass is 32.2. The molecule has 1 N–H and O–H groups in total. The number of nitrogens with one attached hydrogen (secondary N) is 1. The fourth-order valence-corrected chi connectivity index (χ4v) is 5.50. The lowest BCUT2D eigenvalue weighted by Crippen LogP contribution is -2.36. The molecule has 0 saturated carbocycles. The zero-order valence-corrected chi connectivity index (χ0v) is 15.4. The van der Waals surface area contributed by atoms with Crippen molar-refractivity contribution < 1.29 is 4.74 Å². The minimum absolute atomic E-state index is 0.710. The molecule has 24 heavy (non-hydrogen) atoms. The van der Waals surface area contributed by atoms with Crippen LogP contribution >= 0.6 is 11.8 Å². The van der Waals surface area contributed by atoms with E-state index in [1.807, 2.05) is 6.07 Å². The molecular formula is C20H28N2OS. The number of likely N-dealkylation sites (tertiary alicyclic amines) is 1. The van der Waals surface area contributed by atoms with Gasteiger partial charge in [-0.1, -0.05) is 0 Å². The van der Waals surface area contributed by atoms with Gasteiger partial charge in [0, 0.05) is 29.7 Å². The highest BCUT2D eigenvalue weighted by Crippen LogP contribution is 2.30. The van der Waals surface area contributed by atoms with E-state index in [0.717, 1.165) is 18.1 Å². The molecule has 2 aliphatic rings. The fraction of sp³-hybridized carbons (Fsp3) is 0.600. The molecule has 0 radical (unpaired) electrons. The van der Waals surface area contributed by atoms with Crippen LogP contribution in [0.5, 0.6) is 5.75 Å². The Bertz CT molecular complexity index is 677. The predicted molar refractivity (Wildman–Crippen MR) is 103 cm³/mol. The largest absolute Gasteiger partial charge is 0.497 e. The zero-order chi connectivity index (χ0) is 16.4. The van der Waals surface area contributed by atoms with Gasteiger partial charge in [0.1, 0.15) is 5.75 Å². The Balaban J connectivity index is 1.47. The van der Waals surface area contributed by atoms with E-state index in [9.17, 15) is 0 Å². The number of thioether (sulfide) groups is 1. The number of rotatable bonds is 5. The lowest BCUT2D eigenvalue weighted by Gasteiger charge is -2.30. The average Bonchev–Trinajstić information content (AvgIpc) is 3.23. The van der Waals surface area contributed by atoms with E-state index >= 15 is 0 Å². The third-order valence-corrected chi connectivity index (χ3v) is 6.96. The van der Waals surface area contributed by atoms with Crippen molar-refractivity contribution in [1.29, 1.82) is 0 Å². The SMILES string of the molecule is COc1ccc2[nH]cc(C[C@H]3CCCN3C[C@H]3CCCSC3)c2c1. The summed E-state index contributed by atoms with van der Waals surface area (Å²) in [6.07, 6.45) is 8.91. The van der Waals surface area contributed by atoms with Gasteiger partial charge in [0.05, 0.1) is 7.11 Å². The van der Waals surface area contributed by atoms with Crippen LogP contribution in [-0.2, 0) is 6.42 Å². The number of benzene rings is 1. The molecule has 1 aromatic heterocycles. The maximum atomic E-state index is 5.41. The van der Waals surface area contributed by atoms with Crippen LogP contribution in [0.3, 0.4) is 0 Å². The van der Waals surface area contributed by atoms with Crippen molar-refractivity contribution in [3.8, 4) is 5.75 Å². The van der Waals surface area contributed by atoms with Crippen LogP contribution in [-0.4, -0.2) is 47.6 Å². The fourth-order valence-electron chi connectivity index (χ4n) is 4.36. The van der Waals surface area contributed by atoms with Crippen molar-refractivity contribution in [1.82, 2.24) is 9.88 Å². The summed E-state index contributed by atoms with van der Waals surface area (Å²) in [7, 11) is 1.74. The van der Waals surface area contributed by atoms with Gasteiger partial charge >= 0.3 is 0 Å². The topological polar surface area (TPSA) is 28.3 Å². The number of nitrogens with zero attached hydrogens (tertiary/aromatic N) is 1. The van der Waals surface area contributed by atoms with Crippen LogP contribution in [0.4, 0.5) is 0 Å². The van der Waals surface area contributed by atoms with Crippen molar-refractivity contribution in [3.63, 3.8) is 0 Å². The second-order valence-electron chi connectivity index (χ2n) is 7.30. The molecule has 3 nitrogen and oxygen atoms in total. The normalized spacial score (nSPS) is 25.4. The number of aromatic amines is 1. The molecule has 0 unspecified atom stereocenters. The molecule has 3 heterocycles. The van der Waals surface area contributed by atoms with E-state index in [4.69, 9.17) is 4.74 Å². The quantitative estimate of drug-likeness (QED) is 0.875.